The molecule has 0 aromatic heterocycles. The number of rotatable bonds is 18. The summed E-state index contributed by atoms with van der Waals surface area (Å²) in [6.07, 6.45) is 8.76. The molecule has 0 saturated carbocycles. The zero-order valence-corrected chi connectivity index (χ0v) is 23.8. The highest BCUT2D eigenvalue weighted by molar-refractivity contribution is 6.26. The second-order valence-corrected chi connectivity index (χ2v) is 11.6. The maximum Gasteiger partial charge on any atom is 0.307 e. The highest BCUT2D eigenvalue weighted by Gasteiger charge is 2.62. The SMILES string of the molecule is CCCCCCCCCC(=O)O[C@]1(C(=O)CCC(C)C)C(O)=C(C(=O)C(C)C)C(=O)[C@@H]1CCC(C)C. The number of carbonyl (C=O) groups is 4. The molecule has 2 atom stereocenters. The van der Waals surface area contributed by atoms with E-state index in [0.717, 1.165) is 19.3 Å². The van der Waals surface area contributed by atoms with Crippen molar-refractivity contribution in [3.8, 4) is 0 Å². The average Bonchev–Trinajstić information content (AvgIpc) is 3.00. The van der Waals surface area contributed by atoms with Crippen LogP contribution < -0.4 is 0 Å². The highest BCUT2D eigenvalue weighted by Crippen LogP contribution is 2.45. The first-order valence-electron chi connectivity index (χ1n) is 14.2. The van der Waals surface area contributed by atoms with Crippen molar-refractivity contribution in [2.45, 2.75) is 131 Å². The average molecular weight is 507 g/mol. The summed E-state index contributed by atoms with van der Waals surface area (Å²) < 4.78 is 5.86. The summed E-state index contributed by atoms with van der Waals surface area (Å²) in [5.41, 5.74) is -2.46. The van der Waals surface area contributed by atoms with Crippen molar-refractivity contribution in [3.05, 3.63) is 11.3 Å². The van der Waals surface area contributed by atoms with Crippen molar-refractivity contribution in [1.29, 1.82) is 0 Å². The van der Waals surface area contributed by atoms with E-state index in [1.165, 1.54) is 19.3 Å². The predicted octanol–water partition coefficient (Wildman–Crippen LogP) is 7.09. The van der Waals surface area contributed by atoms with Crippen LogP contribution in [-0.2, 0) is 23.9 Å². The van der Waals surface area contributed by atoms with E-state index >= 15 is 0 Å². The molecule has 1 N–H and O–H groups in total. The topological polar surface area (TPSA) is 97.7 Å². The number of esters is 1. The molecule has 0 heterocycles. The van der Waals surface area contributed by atoms with Crippen LogP contribution in [0.3, 0.4) is 0 Å². The van der Waals surface area contributed by atoms with Crippen LogP contribution in [0.5, 0.6) is 0 Å². The standard InChI is InChI=1S/C30H50O6/c1-8-9-10-11-12-13-14-15-25(32)36-30(24(31)19-17-21(4)5)23(18-16-20(2)3)28(34)26(29(30)35)27(33)22(6)7/h20-23,35H,8-19H2,1-7H3/t23-,30+/m0/s1. The Bertz CT molecular complexity index is 791. The Morgan fingerprint density at radius 1 is 0.861 bits per heavy atom. The van der Waals surface area contributed by atoms with Crippen molar-refractivity contribution >= 4 is 23.3 Å². The Morgan fingerprint density at radius 3 is 1.94 bits per heavy atom. The van der Waals surface area contributed by atoms with Crippen LogP contribution in [-0.4, -0.2) is 34.0 Å². The first-order valence-corrected chi connectivity index (χ1v) is 14.2. The van der Waals surface area contributed by atoms with Crippen LogP contribution in [0.2, 0.25) is 0 Å². The molecule has 0 unspecified atom stereocenters. The Morgan fingerprint density at radius 2 is 1.42 bits per heavy atom. The molecule has 36 heavy (non-hydrogen) atoms. The zero-order valence-electron chi connectivity index (χ0n) is 23.8. The van der Waals surface area contributed by atoms with Gasteiger partial charge in [0.05, 0.1) is 5.92 Å². The van der Waals surface area contributed by atoms with Gasteiger partial charge >= 0.3 is 5.97 Å². The molecule has 6 nitrogen and oxygen atoms in total. The summed E-state index contributed by atoms with van der Waals surface area (Å²) in [6, 6.07) is 0. The van der Waals surface area contributed by atoms with E-state index < -0.39 is 46.5 Å². The highest BCUT2D eigenvalue weighted by atomic mass is 16.6. The zero-order chi connectivity index (χ0) is 27.5. The Labute approximate surface area is 218 Å². The second kappa shape index (κ2) is 15.3. The fourth-order valence-corrected chi connectivity index (χ4v) is 4.75. The van der Waals surface area contributed by atoms with Crippen LogP contribution in [0, 0.1) is 23.7 Å². The molecule has 0 aliphatic heterocycles. The van der Waals surface area contributed by atoms with E-state index in [-0.39, 0.29) is 36.7 Å². The monoisotopic (exact) mass is 506 g/mol. The molecule has 0 saturated heterocycles. The number of hydrogen-bond acceptors (Lipinski definition) is 6. The summed E-state index contributed by atoms with van der Waals surface area (Å²) in [4.78, 5) is 53.2. The number of allylic oxidation sites excluding steroid dienone is 1. The number of aliphatic hydroxyl groups is 1. The van der Waals surface area contributed by atoms with Crippen LogP contribution in [0.15, 0.2) is 11.3 Å². The lowest BCUT2D eigenvalue weighted by Gasteiger charge is -2.34. The maximum absolute atomic E-state index is 13.7. The Kier molecular flexibility index (Phi) is 13.6. The van der Waals surface area contributed by atoms with Crippen LogP contribution in [0.1, 0.15) is 126 Å². The van der Waals surface area contributed by atoms with E-state index in [9.17, 15) is 24.3 Å². The van der Waals surface area contributed by atoms with E-state index in [2.05, 4.69) is 6.92 Å². The first kappa shape index (κ1) is 32.0. The van der Waals surface area contributed by atoms with E-state index in [0.29, 0.717) is 19.3 Å². The minimum absolute atomic E-state index is 0.0566. The molecule has 206 valence electrons. The molecule has 0 spiro atoms. The molecule has 6 heteroatoms. The number of ether oxygens (including phenoxy) is 1. The van der Waals surface area contributed by atoms with Gasteiger partial charge in [0.15, 0.2) is 23.1 Å². The summed E-state index contributed by atoms with van der Waals surface area (Å²) in [5, 5.41) is 11.3. The third-order valence-electron chi connectivity index (χ3n) is 7.07. The molecule has 1 rings (SSSR count). The van der Waals surface area contributed by atoms with Gasteiger partial charge in [0.1, 0.15) is 5.57 Å². The molecular formula is C30H50O6. The third-order valence-corrected chi connectivity index (χ3v) is 7.07. The fraction of sp³-hybridized carbons (Fsp3) is 0.800. The van der Waals surface area contributed by atoms with Gasteiger partial charge in [-0.25, -0.2) is 0 Å². The van der Waals surface area contributed by atoms with Gasteiger partial charge in [-0.15, -0.1) is 0 Å². The Balaban J connectivity index is 3.29. The minimum atomic E-state index is -2.10. The van der Waals surface area contributed by atoms with Crippen LogP contribution >= 0.6 is 0 Å². The van der Waals surface area contributed by atoms with Gasteiger partial charge in [-0.05, 0) is 31.1 Å². The number of carbonyl (C=O) groups excluding carboxylic acids is 4. The molecule has 1 aliphatic rings. The number of unbranched alkanes of at least 4 members (excludes halogenated alkanes) is 6. The molecule has 0 fully saturated rings. The van der Waals surface area contributed by atoms with Crippen LogP contribution in [0.25, 0.3) is 0 Å². The van der Waals surface area contributed by atoms with E-state index in [1.54, 1.807) is 13.8 Å². The quantitative estimate of drug-likeness (QED) is 0.121. The van der Waals surface area contributed by atoms with Gasteiger partial charge in [0.2, 0.25) is 5.60 Å². The third kappa shape index (κ3) is 8.55. The molecule has 0 aromatic rings. The predicted molar refractivity (Wildman–Crippen MR) is 143 cm³/mol. The van der Waals surface area contributed by atoms with Gasteiger partial charge in [-0.3, -0.25) is 19.2 Å². The fourth-order valence-electron chi connectivity index (χ4n) is 4.75. The van der Waals surface area contributed by atoms with Gasteiger partial charge in [-0.1, -0.05) is 93.4 Å². The minimum Gasteiger partial charge on any atom is -0.507 e. The van der Waals surface area contributed by atoms with Crippen molar-refractivity contribution in [3.63, 3.8) is 0 Å². The lowest BCUT2D eigenvalue weighted by molar-refractivity contribution is -0.173. The lowest BCUT2D eigenvalue weighted by atomic mass is 9.78. The van der Waals surface area contributed by atoms with Crippen molar-refractivity contribution in [1.82, 2.24) is 0 Å². The number of aliphatic hydroxyl groups excluding tert-OH is 1. The second-order valence-electron chi connectivity index (χ2n) is 11.6. The normalized spacial score (nSPS) is 20.2. The largest absolute Gasteiger partial charge is 0.507 e. The van der Waals surface area contributed by atoms with Gasteiger partial charge in [-0.2, -0.15) is 0 Å². The molecule has 0 aromatic carbocycles. The van der Waals surface area contributed by atoms with E-state index in [1.807, 2.05) is 27.7 Å². The number of ketones is 3. The van der Waals surface area contributed by atoms with E-state index in [4.69, 9.17) is 4.74 Å². The van der Waals surface area contributed by atoms with Crippen molar-refractivity contribution in [2.75, 3.05) is 0 Å². The molecule has 1 aliphatic carbocycles. The van der Waals surface area contributed by atoms with Crippen molar-refractivity contribution < 1.29 is 29.0 Å². The maximum atomic E-state index is 13.7. The van der Waals surface area contributed by atoms with Gasteiger partial charge in [0.25, 0.3) is 0 Å². The first-order chi connectivity index (χ1) is 16.9. The number of Topliss-reactive ketones (excluding diaryl/α,β-unsaturated/α-hetero) is 3. The smallest absolute Gasteiger partial charge is 0.307 e. The summed E-state index contributed by atoms with van der Waals surface area (Å²) in [6.45, 7) is 13.4. The van der Waals surface area contributed by atoms with Crippen LogP contribution in [0.4, 0.5) is 0 Å². The molecular weight excluding hydrogens is 456 g/mol. The van der Waals surface area contributed by atoms with Gasteiger partial charge < -0.3 is 9.84 Å². The molecule has 0 amide bonds. The molecule has 0 bridgehead atoms. The Hall–Kier alpha value is -1.98. The molecule has 0 radical (unpaired) electrons. The van der Waals surface area contributed by atoms with Gasteiger partial charge in [0, 0.05) is 18.8 Å². The lowest BCUT2D eigenvalue weighted by Crippen LogP contribution is -2.50. The summed E-state index contributed by atoms with van der Waals surface area (Å²) in [7, 11) is 0. The summed E-state index contributed by atoms with van der Waals surface area (Å²) in [5.74, 6) is -4.01. The summed E-state index contributed by atoms with van der Waals surface area (Å²) >= 11 is 0. The van der Waals surface area contributed by atoms with Crippen molar-refractivity contribution in [2.24, 2.45) is 23.7 Å². The number of hydrogen-bond donors (Lipinski definition) is 1.